The molecule has 9 nitrogen and oxygen atoms in total. The third kappa shape index (κ3) is 8.87. The fourth-order valence-corrected chi connectivity index (χ4v) is 3.50. The standard InChI is InChI=1S/C14H16BrNO4.C12H10BrNO3/c1-3-19-13(17)12(14(18)20-4-2)9-16-11-7-5-10(15)6-8-11;1-2-17-12(16)9-6-14-10-4-3-7(13)5-8(10)11(9)15/h5-9,16H,3-4H2,1-2H3;3-6H,2H2,1H3,(H,14,15). The quantitative estimate of drug-likeness (QED) is 0.112. The number of ether oxygens (including phenoxy) is 3. The molecule has 0 aliphatic heterocycles. The maximum Gasteiger partial charge on any atom is 0.347 e. The Morgan fingerprint density at radius 2 is 1.43 bits per heavy atom. The number of halogens is 2. The monoisotopic (exact) mass is 636 g/mol. The van der Waals surface area contributed by atoms with Crippen LogP contribution in [0.1, 0.15) is 31.1 Å². The van der Waals surface area contributed by atoms with Crippen LogP contribution < -0.4 is 10.7 Å². The van der Waals surface area contributed by atoms with Crippen LogP contribution in [0.25, 0.3) is 10.9 Å². The molecule has 0 saturated carbocycles. The highest BCUT2D eigenvalue weighted by atomic mass is 79.9. The van der Waals surface area contributed by atoms with E-state index in [2.05, 4.69) is 42.2 Å². The molecule has 0 spiro atoms. The largest absolute Gasteiger partial charge is 0.462 e. The van der Waals surface area contributed by atoms with Gasteiger partial charge in [0.05, 0.1) is 19.8 Å². The Morgan fingerprint density at radius 3 is 2.00 bits per heavy atom. The molecule has 3 aromatic rings. The first-order chi connectivity index (χ1) is 17.7. The molecule has 3 rings (SSSR count). The van der Waals surface area contributed by atoms with E-state index in [4.69, 9.17) is 14.2 Å². The molecule has 0 atom stereocenters. The van der Waals surface area contributed by atoms with E-state index < -0.39 is 17.9 Å². The summed E-state index contributed by atoms with van der Waals surface area (Å²) in [4.78, 5) is 49.9. The van der Waals surface area contributed by atoms with Crippen molar-refractivity contribution in [2.75, 3.05) is 25.1 Å². The summed E-state index contributed by atoms with van der Waals surface area (Å²) in [6, 6.07) is 12.5. The van der Waals surface area contributed by atoms with Crippen molar-refractivity contribution in [2.24, 2.45) is 0 Å². The molecule has 0 fully saturated rings. The minimum absolute atomic E-state index is 0.0254. The van der Waals surface area contributed by atoms with Gasteiger partial charge in [-0.1, -0.05) is 31.9 Å². The van der Waals surface area contributed by atoms with E-state index in [1.54, 1.807) is 45.0 Å². The predicted octanol–water partition coefficient (Wildman–Crippen LogP) is 5.34. The van der Waals surface area contributed by atoms with Gasteiger partial charge in [0.2, 0.25) is 5.43 Å². The zero-order valence-corrected chi connectivity index (χ0v) is 23.6. The van der Waals surface area contributed by atoms with Gasteiger partial charge < -0.3 is 24.5 Å². The van der Waals surface area contributed by atoms with Gasteiger partial charge in [0.1, 0.15) is 5.56 Å². The Morgan fingerprint density at radius 1 is 0.865 bits per heavy atom. The van der Waals surface area contributed by atoms with Gasteiger partial charge in [0.25, 0.3) is 0 Å². The number of hydrogen-bond donors (Lipinski definition) is 2. The molecule has 11 heteroatoms. The Bertz CT molecular complexity index is 1310. The molecular weight excluding hydrogens is 612 g/mol. The van der Waals surface area contributed by atoms with Crippen molar-refractivity contribution in [3.8, 4) is 0 Å². The van der Waals surface area contributed by atoms with Crippen LogP contribution in [-0.2, 0) is 23.8 Å². The van der Waals surface area contributed by atoms with Gasteiger partial charge in [0.15, 0.2) is 5.57 Å². The van der Waals surface area contributed by atoms with E-state index in [0.717, 1.165) is 14.6 Å². The van der Waals surface area contributed by atoms with Crippen molar-refractivity contribution < 1.29 is 28.6 Å². The van der Waals surface area contributed by atoms with Crippen molar-refractivity contribution in [1.82, 2.24) is 4.98 Å². The average Bonchev–Trinajstić information content (AvgIpc) is 2.87. The minimum atomic E-state index is -0.712. The van der Waals surface area contributed by atoms with Crippen LogP contribution >= 0.6 is 31.9 Å². The number of fused-ring (bicyclic) bond motifs is 1. The number of carbonyl (C=O) groups excluding carboxylic acids is 3. The second-order valence-electron chi connectivity index (χ2n) is 7.09. The lowest BCUT2D eigenvalue weighted by molar-refractivity contribution is -0.146. The van der Waals surface area contributed by atoms with Gasteiger partial charge in [-0.2, -0.15) is 0 Å². The van der Waals surface area contributed by atoms with Crippen LogP contribution in [0, 0.1) is 0 Å². The summed E-state index contributed by atoms with van der Waals surface area (Å²) >= 11 is 6.61. The van der Waals surface area contributed by atoms with Crippen LogP contribution in [0.3, 0.4) is 0 Å². The van der Waals surface area contributed by atoms with Crippen molar-refractivity contribution in [3.63, 3.8) is 0 Å². The van der Waals surface area contributed by atoms with E-state index in [-0.39, 0.29) is 36.4 Å². The Labute approximate surface area is 230 Å². The van der Waals surface area contributed by atoms with Gasteiger partial charge in [0, 0.05) is 37.9 Å². The molecule has 196 valence electrons. The average molecular weight is 638 g/mol. The second-order valence-corrected chi connectivity index (χ2v) is 8.92. The highest BCUT2D eigenvalue weighted by molar-refractivity contribution is 9.10. The Kier molecular flexibility index (Phi) is 12.0. The van der Waals surface area contributed by atoms with Crippen molar-refractivity contribution >= 4 is 66.4 Å². The molecule has 0 aliphatic carbocycles. The van der Waals surface area contributed by atoms with E-state index in [1.807, 2.05) is 18.2 Å². The Balaban J connectivity index is 0.000000263. The first kappa shape index (κ1) is 29.8. The fourth-order valence-electron chi connectivity index (χ4n) is 2.87. The number of hydrogen-bond acceptors (Lipinski definition) is 8. The molecule has 0 saturated heterocycles. The number of carbonyl (C=O) groups is 3. The van der Waals surface area contributed by atoms with Crippen molar-refractivity contribution in [3.05, 3.63) is 85.2 Å². The minimum Gasteiger partial charge on any atom is -0.462 e. The SMILES string of the molecule is CCOC(=O)C(=CNc1ccc(Br)cc1)C(=O)OCC.CCOC(=O)c1c[nH]c2ccc(Br)cc2c1=O. The number of aromatic amines is 1. The molecular formula is C26H26Br2N2O7. The van der Waals surface area contributed by atoms with Crippen LogP contribution in [0.15, 0.2) is 74.2 Å². The molecule has 0 amide bonds. The lowest BCUT2D eigenvalue weighted by atomic mass is 10.1. The topological polar surface area (TPSA) is 124 Å². The third-order valence-corrected chi connectivity index (χ3v) is 5.58. The lowest BCUT2D eigenvalue weighted by Crippen LogP contribution is -2.19. The summed E-state index contributed by atoms with van der Waals surface area (Å²) in [7, 11) is 0. The third-order valence-electron chi connectivity index (χ3n) is 4.56. The Hall–Kier alpha value is -3.44. The first-order valence-electron chi connectivity index (χ1n) is 11.3. The van der Waals surface area contributed by atoms with Crippen LogP contribution in [0.2, 0.25) is 0 Å². The van der Waals surface area contributed by atoms with Crippen molar-refractivity contribution in [2.45, 2.75) is 20.8 Å². The summed E-state index contributed by atoms with van der Waals surface area (Å²) < 4.78 is 16.2. The van der Waals surface area contributed by atoms with Gasteiger partial charge in [-0.15, -0.1) is 0 Å². The molecule has 37 heavy (non-hydrogen) atoms. The van der Waals surface area contributed by atoms with Crippen LogP contribution in [-0.4, -0.2) is 42.7 Å². The molecule has 0 bridgehead atoms. The van der Waals surface area contributed by atoms with Crippen LogP contribution in [0.4, 0.5) is 5.69 Å². The number of benzene rings is 2. The smallest absolute Gasteiger partial charge is 0.347 e. The normalized spacial score (nSPS) is 9.97. The van der Waals surface area contributed by atoms with E-state index in [0.29, 0.717) is 10.9 Å². The number of H-pyrrole nitrogens is 1. The highest BCUT2D eigenvalue weighted by Crippen LogP contribution is 2.16. The number of rotatable bonds is 8. The molecule has 0 unspecified atom stereocenters. The molecule has 2 aromatic carbocycles. The predicted molar refractivity (Wildman–Crippen MR) is 147 cm³/mol. The summed E-state index contributed by atoms with van der Waals surface area (Å²) in [6.45, 7) is 5.66. The number of anilines is 1. The number of aromatic nitrogens is 1. The summed E-state index contributed by atoms with van der Waals surface area (Å²) in [6.07, 6.45) is 2.68. The van der Waals surface area contributed by atoms with E-state index in [1.165, 1.54) is 12.4 Å². The van der Waals surface area contributed by atoms with E-state index in [9.17, 15) is 19.2 Å². The molecule has 0 radical (unpaired) electrons. The number of nitrogens with one attached hydrogen (secondary N) is 2. The van der Waals surface area contributed by atoms with Gasteiger partial charge >= 0.3 is 17.9 Å². The van der Waals surface area contributed by atoms with Gasteiger partial charge in [-0.25, -0.2) is 14.4 Å². The zero-order valence-electron chi connectivity index (χ0n) is 20.4. The highest BCUT2D eigenvalue weighted by Gasteiger charge is 2.20. The summed E-state index contributed by atoms with van der Waals surface area (Å²) in [5.41, 5.74) is 0.957. The molecule has 2 N–H and O–H groups in total. The van der Waals surface area contributed by atoms with Gasteiger partial charge in [-0.05, 0) is 63.2 Å². The maximum absolute atomic E-state index is 12.1. The summed E-state index contributed by atoms with van der Waals surface area (Å²) in [5.74, 6) is -2.03. The second kappa shape index (κ2) is 15.0. The molecule has 0 aliphatic rings. The lowest BCUT2D eigenvalue weighted by Gasteiger charge is -2.07. The van der Waals surface area contributed by atoms with E-state index >= 15 is 0 Å². The molecule has 1 aromatic heterocycles. The van der Waals surface area contributed by atoms with Gasteiger partial charge in [-0.3, -0.25) is 4.79 Å². The first-order valence-corrected chi connectivity index (χ1v) is 12.8. The number of pyridine rings is 1. The van der Waals surface area contributed by atoms with Crippen molar-refractivity contribution in [1.29, 1.82) is 0 Å². The summed E-state index contributed by atoms with van der Waals surface area (Å²) in [5, 5.41) is 3.33. The molecule has 1 heterocycles. The fraction of sp³-hybridized carbons (Fsp3) is 0.231. The number of esters is 3. The maximum atomic E-state index is 12.1. The zero-order chi connectivity index (χ0) is 27.4. The van der Waals surface area contributed by atoms with Crippen LogP contribution in [0.5, 0.6) is 0 Å².